The van der Waals surface area contributed by atoms with Crippen molar-refractivity contribution in [3.63, 3.8) is 0 Å². The van der Waals surface area contributed by atoms with E-state index < -0.39 is 0 Å². The van der Waals surface area contributed by atoms with Crippen molar-refractivity contribution in [2.45, 2.75) is 0 Å². The first-order chi connectivity index (χ1) is 4.83. The molecule has 0 unspecified atom stereocenters. The molecule has 1 aromatic carbocycles. The van der Waals surface area contributed by atoms with Gasteiger partial charge in [0.15, 0.2) is 0 Å². The molecule has 54 valence electrons. The third kappa shape index (κ3) is 4.75. The number of halogens is 1. The summed E-state index contributed by atoms with van der Waals surface area (Å²) in [5.74, 6) is 0.518. The molecule has 0 aliphatic carbocycles. The SMILES string of the molecule is [K+].[O-]SOc1ccc(Cl)cc1. The molecule has 0 spiro atoms. The molecule has 1 rings (SSSR count). The Labute approximate surface area is 117 Å². The van der Waals surface area contributed by atoms with Crippen LogP contribution < -0.4 is 55.6 Å². The van der Waals surface area contributed by atoms with E-state index in [0.29, 0.717) is 10.8 Å². The van der Waals surface area contributed by atoms with Gasteiger partial charge in [-0.2, -0.15) is 0 Å². The van der Waals surface area contributed by atoms with E-state index in [-0.39, 0.29) is 63.7 Å². The van der Waals surface area contributed by atoms with E-state index in [1.54, 1.807) is 24.3 Å². The van der Waals surface area contributed by atoms with Gasteiger partial charge in [-0.3, -0.25) is 0 Å². The third-order valence-corrected chi connectivity index (χ3v) is 1.46. The predicted molar refractivity (Wildman–Crippen MR) is 40.4 cm³/mol. The minimum absolute atomic E-state index is 0. The minimum atomic E-state index is 0. The van der Waals surface area contributed by atoms with Gasteiger partial charge in [0, 0.05) is 5.02 Å². The monoisotopic (exact) mass is 214 g/mol. The number of hydrogen-bond acceptors (Lipinski definition) is 3. The average Bonchev–Trinajstić information content (AvgIpc) is 1.95. The molecule has 0 aromatic heterocycles. The molecule has 0 amide bonds. The van der Waals surface area contributed by atoms with Gasteiger partial charge >= 0.3 is 51.4 Å². The van der Waals surface area contributed by atoms with Crippen LogP contribution >= 0.6 is 23.9 Å². The minimum Gasteiger partial charge on any atom is -0.766 e. The zero-order chi connectivity index (χ0) is 7.40. The fourth-order valence-corrected chi connectivity index (χ4v) is 0.845. The van der Waals surface area contributed by atoms with Gasteiger partial charge in [0.05, 0.1) is 0 Å². The Morgan fingerprint density at radius 1 is 1.27 bits per heavy atom. The van der Waals surface area contributed by atoms with Crippen LogP contribution in [-0.2, 0) is 0 Å². The molecule has 0 N–H and O–H groups in total. The van der Waals surface area contributed by atoms with Crippen LogP contribution in [0.15, 0.2) is 24.3 Å². The molecule has 0 heterocycles. The second kappa shape index (κ2) is 6.74. The molecular weight excluding hydrogens is 211 g/mol. The van der Waals surface area contributed by atoms with E-state index in [9.17, 15) is 4.55 Å². The standard InChI is InChI=1S/C6H5ClO2S.K/c7-5-1-3-6(4-2-5)9-10-8;/h1-4,8H;/q;+1/p-1. The largest absolute Gasteiger partial charge is 1.00 e. The van der Waals surface area contributed by atoms with Crippen LogP contribution in [0.3, 0.4) is 0 Å². The molecule has 0 radical (unpaired) electrons. The number of benzene rings is 1. The summed E-state index contributed by atoms with van der Waals surface area (Å²) in [7, 11) is 0. The van der Waals surface area contributed by atoms with E-state index in [2.05, 4.69) is 4.18 Å². The number of hydrogen-bond donors (Lipinski definition) is 0. The molecule has 0 saturated heterocycles. The Balaban J connectivity index is 0.000001000. The quantitative estimate of drug-likeness (QED) is 0.492. The summed E-state index contributed by atoms with van der Waals surface area (Å²) in [5, 5.41) is 0.628. The summed E-state index contributed by atoms with van der Waals surface area (Å²) >= 11 is 5.64. The third-order valence-electron chi connectivity index (χ3n) is 0.944. The summed E-state index contributed by atoms with van der Waals surface area (Å²) in [6, 6.07) is 6.58. The maximum absolute atomic E-state index is 9.85. The molecule has 11 heavy (non-hydrogen) atoms. The van der Waals surface area contributed by atoms with Crippen LogP contribution in [-0.4, -0.2) is 4.55 Å². The fourth-order valence-electron chi connectivity index (χ4n) is 0.529. The summed E-state index contributed by atoms with van der Waals surface area (Å²) in [6.07, 6.45) is 0. The Hall–Kier alpha value is 1.26. The summed E-state index contributed by atoms with van der Waals surface area (Å²) in [6.45, 7) is 0. The summed E-state index contributed by atoms with van der Waals surface area (Å²) < 4.78 is 14.4. The van der Waals surface area contributed by atoms with Crippen LogP contribution in [0.4, 0.5) is 0 Å². The van der Waals surface area contributed by atoms with Gasteiger partial charge in [0.2, 0.25) is 0 Å². The Kier molecular flexibility index (Phi) is 7.51. The molecule has 0 saturated carbocycles. The van der Waals surface area contributed by atoms with Gasteiger partial charge in [-0.25, -0.2) is 0 Å². The first-order valence-corrected chi connectivity index (χ1v) is 3.59. The van der Waals surface area contributed by atoms with Crippen LogP contribution in [0.5, 0.6) is 5.75 Å². The van der Waals surface area contributed by atoms with Crippen molar-refractivity contribution in [2.24, 2.45) is 0 Å². The summed E-state index contributed by atoms with van der Waals surface area (Å²) in [5.41, 5.74) is 0. The second-order valence-electron chi connectivity index (χ2n) is 1.61. The Morgan fingerprint density at radius 2 is 1.82 bits per heavy atom. The van der Waals surface area contributed by atoms with Gasteiger partial charge in [0.1, 0.15) is 5.75 Å². The van der Waals surface area contributed by atoms with E-state index in [0.717, 1.165) is 0 Å². The first kappa shape index (κ1) is 12.3. The van der Waals surface area contributed by atoms with Crippen LogP contribution in [0.1, 0.15) is 0 Å². The molecule has 1 aromatic rings. The van der Waals surface area contributed by atoms with E-state index >= 15 is 0 Å². The molecule has 0 aliphatic rings. The molecular formula is C6H4ClKO2S. The van der Waals surface area contributed by atoms with Gasteiger partial charge in [-0.1, -0.05) is 11.6 Å². The topological polar surface area (TPSA) is 32.3 Å². The zero-order valence-electron chi connectivity index (χ0n) is 5.91. The maximum Gasteiger partial charge on any atom is 1.00 e. The van der Waals surface area contributed by atoms with Gasteiger partial charge < -0.3 is 8.74 Å². The maximum atomic E-state index is 9.85. The van der Waals surface area contributed by atoms with E-state index in [1.165, 1.54) is 0 Å². The van der Waals surface area contributed by atoms with Crippen molar-refractivity contribution >= 4 is 23.9 Å². The molecule has 5 heteroatoms. The molecule has 0 aliphatic heterocycles. The van der Waals surface area contributed by atoms with Crippen molar-refractivity contribution in [1.29, 1.82) is 0 Å². The summed E-state index contributed by atoms with van der Waals surface area (Å²) in [4.78, 5) is 0. The van der Waals surface area contributed by atoms with Crippen LogP contribution in [0.25, 0.3) is 0 Å². The Bertz CT molecular complexity index is 204. The molecule has 0 bridgehead atoms. The van der Waals surface area contributed by atoms with Crippen molar-refractivity contribution in [3.05, 3.63) is 29.3 Å². The smallest absolute Gasteiger partial charge is 0.766 e. The van der Waals surface area contributed by atoms with Crippen molar-refractivity contribution in [2.75, 3.05) is 0 Å². The molecule has 0 fully saturated rings. The second-order valence-corrected chi connectivity index (χ2v) is 2.34. The van der Waals surface area contributed by atoms with Crippen molar-refractivity contribution < 1.29 is 60.1 Å². The zero-order valence-corrected chi connectivity index (χ0v) is 10.6. The normalized spacial score (nSPS) is 8.55. The van der Waals surface area contributed by atoms with E-state index in [4.69, 9.17) is 11.6 Å². The van der Waals surface area contributed by atoms with Gasteiger partial charge in [-0.15, -0.1) is 0 Å². The van der Waals surface area contributed by atoms with Gasteiger partial charge in [0.25, 0.3) is 0 Å². The van der Waals surface area contributed by atoms with E-state index in [1.807, 2.05) is 0 Å². The predicted octanol–water partition coefficient (Wildman–Crippen LogP) is -0.499. The fraction of sp³-hybridized carbons (Fsp3) is 0. The van der Waals surface area contributed by atoms with Crippen LogP contribution in [0, 0.1) is 0 Å². The van der Waals surface area contributed by atoms with Crippen molar-refractivity contribution in [1.82, 2.24) is 0 Å². The average molecular weight is 215 g/mol. The first-order valence-electron chi connectivity index (χ1n) is 2.55. The number of rotatable bonds is 2. The van der Waals surface area contributed by atoms with Crippen LogP contribution in [0.2, 0.25) is 5.02 Å². The molecule has 0 atom stereocenters. The Morgan fingerprint density at radius 3 is 2.27 bits per heavy atom. The van der Waals surface area contributed by atoms with Gasteiger partial charge in [-0.05, 0) is 36.6 Å². The molecule has 2 nitrogen and oxygen atoms in total. The van der Waals surface area contributed by atoms with Crippen molar-refractivity contribution in [3.8, 4) is 5.75 Å².